The van der Waals surface area contributed by atoms with Crippen LogP contribution in [0.3, 0.4) is 0 Å². The van der Waals surface area contributed by atoms with Gasteiger partial charge in [0.25, 0.3) is 10.1 Å². The van der Waals surface area contributed by atoms with Crippen LogP contribution in [-0.2, 0) is 28.5 Å². The second-order valence-electron chi connectivity index (χ2n) is 6.34. The summed E-state index contributed by atoms with van der Waals surface area (Å²) in [6.45, 7) is 8.08. The number of hydrogen-bond acceptors (Lipinski definition) is 6. The van der Waals surface area contributed by atoms with E-state index in [4.69, 9.17) is 18.4 Å². The van der Waals surface area contributed by atoms with Gasteiger partial charge in [0.2, 0.25) is 0 Å². The van der Waals surface area contributed by atoms with Crippen LogP contribution in [0.5, 0.6) is 0 Å². The highest BCUT2D eigenvalue weighted by Gasteiger charge is 2.62. The van der Waals surface area contributed by atoms with Crippen molar-refractivity contribution < 1.29 is 26.8 Å². The fraction of sp³-hybridized carbons (Fsp3) is 1.00. The molecule has 0 aromatic carbocycles. The van der Waals surface area contributed by atoms with Crippen LogP contribution in [0.15, 0.2) is 0 Å². The first-order valence-electron chi connectivity index (χ1n) is 6.31. The van der Waals surface area contributed by atoms with Gasteiger partial charge in [0.15, 0.2) is 5.79 Å². The minimum absolute atomic E-state index is 0.0307. The first-order valence-corrected chi connectivity index (χ1v) is 8.13. The smallest absolute Gasteiger partial charge is 0.264 e. The molecular weight excluding hydrogens is 272 g/mol. The van der Waals surface area contributed by atoms with E-state index in [2.05, 4.69) is 0 Å². The highest BCUT2D eigenvalue weighted by atomic mass is 32.2. The van der Waals surface area contributed by atoms with Crippen LogP contribution in [0.1, 0.15) is 34.1 Å². The molecule has 0 aromatic rings. The van der Waals surface area contributed by atoms with Crippen molar-refractivity contribution in [1.29, 1.82) is 0 Å². The Kier molecular flexibility index (Phi) is 3.51. The zero-order chi connectivity index (χ0) is 14.5. The number of ether oxygens (including phenoxy) is 3. The quantitative estimate of drug-likeness (QED) is 0.725. The van der Waals surface area contributed by atoms with Gasteiger partial charge in [-0.05, 0) is 27.7 Å². The Balaban J connectivity index is 2.05. The largest absolute Gasteiger partial charge is 0.364 e. The third-order valence-electron chi connectivity index (χ3n) is 3.43. The molecule has 2 heterocycles. The molecule has 1 spiro atoms. The Morgan fingerprint density at radius 2 is 1.89 bits per heavy atom. The van der Waals surface area contributed by atoms with Crippen molar-refractivity contribution in [3.05, 3.63) is 0 Å². The fourth-order valence-corrected chi connectivity index (χ4v) is 3.23. The molecule has 7 heteroatoms. The van der Waals surface area contributed by atoms with Crippen molar-refractivity contribution >= 4 is 10.1 Å². The van der Waals surface area contributed by atoms with Crippen LogP contribution in [0, 0.1) is 0 Å². The maximum absolute atomic E-state index is 11.0. The van der Waals surface area contributed by atoms with Gasteiger partial charge in [0.1, 0.15) is 11.7 Å². The zero-order valence-electron chi connectivity index (χ0n) is 12.1. The van der Waals surface area contributed by atoms with Gasteiger partial charge < -0.3 is 14.2 Å². The molecule has 112 valence electrons. The average molecular weight is 294 g/mol. The number of hydrogen-bond donors (Lipinski definition) is 0. The molecule has 2 aliphatic heterocycles. The Morgan fingerprint density at radius 1 is 1.26 bits per heavy atom. The van der Waals surface area contributed by atoms with Gasteiger partial charge in [-0.1, -0.05) is 0 Å². The summed E-state index contributed by atoms with van der Waals surface area (Å²) in [6.07, 6.45) is 1.22. The van der Waals surface area contributed by atoms with Crippen molar-refractivity contribution in [1.82, 2.24) is 0 Å². The van der Waals surface area contributed by atoms with Crippen molar-refractivity contribution in [2.45, 2.75) is 57.2 Å². The monoisotopic (exact) mass is 294 g/mol. The van der Waals surface area contributed by atoms with E-state index in [0.29, 0.717) is 13.0 Å². The Labute approximate surface area is 114 Å². The summed E-state index contributed by atoms with van der Waals surface area (Å²) in [5.41, 5.74) is -0.924. The molecule has 2 fully saturated rings. The second-order valence-corrected chi connectivity index (χ2v) is 7.99. The SMILES string of the molecule is CC1(C)CC2(OCC(COS(C)(=O)=O)O2)C(C)(C)O1. The Bertz CT molecular complexity index is 455. The molecule has 6 nitrogen and oxygen atoms in total. The van der Waals surface area contributed by atoms with Gasteiger partial charge in [0, 0.05) is 6.42 Å². The molecule has 19 heavy (non-hydrogen) atoms. The molecule has 0 saturated carbocycles. The summed E-state index contributed by atoms with van der Waals surface area (Å²) in [5, 5.41) is 0. The van der Waals surface area contributed by atoms with Crippen molar-refractivity contribution in [3.8, 4) is 0 Å². The summed E-state index contributed by atoms with van der Waals surface area (Å²) >= 11 is 0. The molecule has 2 rings (SSSR count). The van der Waals surface area contributed by atoms with E-state index in [1.807, 2.05) is 27.7 Å². The first-order chi connectivity index (χ1) is 8.45. The molecule has 0 aliphatic carbocycles. The van der Waals surface area contributed by atoms with E-state index >= 15 is 0 Å². The summed E-state index contributed by atoms with van der Waals surface area (Å²) < 4.78 is 44.4. The van der Waals surface area contributed by atoms with Crippen molar-refractivity contribution in [2.75, 3.05) is 19.5 Å². The average Bonchev–Trinajstić information content (AvgIpc) is 2.63. The topological polar surface area (TPSA) is 71.1 Å². The van der Waals surface area contributed by atoms with Crippen LogP contribution < -0.4 is 0 Å². The van der Waals surface area contributed by atoms with E-state index < -0.39 is 27.6 Å². The predicted octanol–water partition coefficient (Wildman–Crippen LogP) is 1.05. The zero-order valence-corrected chi connectivity index (χ0v) is 12.9. The van der Waals surface area contributed by atoms with Crippen molar-refractivity contribution in [3.63, 3.8) is 0 Å². The van der Waals surface area contributed by atoms with Gasteiger partial charge in [-0.25, -0.2) is 0 Å². The molecule has 0 radical (unpaired) electrons. The third kappa shape index (κ3) is 3.11. The summed E-state index contributed by atoms with van der Waals surface area (Å²) in [7, 11) is -3.47. The maximum Gasteiger partial charge on any atom is 0.264 e. The normalized spacial score (nSPS) is 37.0. The molecule has 0 aromatic heterocycles. The van der Waals surface area contributed by atoms with E-state index in [9.17, 15) is 8.42 Å². The minimum Gasteiger partial charge on any atom is -0.364 e. The van der Waals surface area contributed by atoms with E-state index in [0.717, 1.165) is 6.26 Å². The second kappa shape index (κ2) is 4.39. The van der Waals surface area contributed by atoms with Crippen LogP contribution in [0.4, 0.5) is 0 Å². The van der Waals surface area contributed by atoms with Crippen LogP contribution >= 0.6 is 0 Å². The molecule has 2 atom stereocenters. The fourth-order valence-electron chi connectivity index (χ4n) is 2.83. The first kappa shape index (κ1) is 15.2. The summed E-state index contributed by atoms with van der Waals surface area (Å²) in [4.78, 5) is 0. The molecule has 2 saturated heterocycles. The van der Waals surface area contributed by atoms with Crippen molar-refractivity contribution in [2.24, 2.45) is 0 Å². The van der Waals surface area contributed by atoms with E-state index in [1.54, 1.807) is 0 Å². The Morgan fingerprint density at radius 3 is 2.37 bits per heavy atom. The number of rotatable bonds is 3. The minimum atomic E-state index is -3.47. The van der Waals surface area contributed by atoms with Gasteiger partial charge in [-0.3, -0.25) is 4.18 Å². The Hall–Kier alpha value is -0.210. The van der Waals surface area contributed by atoms with E-state index in [1.165, 1.54) is 0 Å². The van der Waals surface area contributed by atoms with E-state index in [-0.39, 0.29) is 12.2 Å². The van der Waals surface area contributed by atoms with Crippen LogP contribution in [0.2, 0.25) is 0 Å². The molecule has 2 aliphatic rings. The maximum atomic E-state index is 11.0. The predicted molar refractivity (Wildman–Crippen MR) is 68.2 cm³/mol. The highest BCUT2D eigenvalue weighted by Crippen LogP contribution is 2.50. The molecule has 0 amide bonds. The molecule has 0 bridgehead atoms. The lowest BCUT2D eigenvalue weighted by Crippen LogP contribution is -2.47. The lowest BCUT2D eigenvalue weighted by molar-refractivity contribution is -0.237. The standard InChI is InChI=1S/C12H22O6S/c1-10(2)8-12(11(3,4)18-10)15-6-9(17-12)7-16-19(5,13)14/h9H,6-8H2,1-5H3. The van der Waals surface area contributed by atoms with Gasteiger partial charge in [0.05, 0.1) is 25.1 Å². The summed E-state index contributed by atoms with van der Waals surface area (Å²) in [6, 6.07) is 0. The van der Waals surface area contributed by atoms with Crippen LogP contribution in [-0.4, -0.2) is 51.0 Å². The third-order valence-corrected chi connectivity index (χ3v) is 4.00. The lowest BCUT2D eigenvalue weighted by atomic mass is 9.93. The molecule has 2 unspecified atom stereocenters. The highest BCUT2D eigenvalue weighted by molar-refractivity contribution is 7.85. The molecular formula is C12H22O6S. The van der Waals surface area contributed by atoms with Crippen LogP contribution in [0.25, 0.3) is 0 Å². The lowest BCUT2D eigenvalue weighted by Gasteiger charge is -2.34. The molecule has 0 N–H and O–H groups in total. The van der Waals surface area contributed by atoms with Gasteiger partial charge in [-0.2, -0.15) is 8.42 Å². The summed E-state index contributed by atoms with van der Waals surface area (Å²) in [5.74, 6) is -0.831. The van der Waals surface area contributed by atoms with Gasteiger partial charge >= 0.3 is 0 Å². The van der Waals surface area contributed by atoms with Gasteiger partial charge in [-0.15, -0.1) is 0 Å².